The van der Waals surface area contributed by atoms with E-state index in [1.165, 1.54) is 0 Å². The molecule has 2 aliphatic rings. The number of nitrogens with zero attached hydrogens (tertiary/aromatic N) is 2. The molecule has 1 saturated heterocycles. The molecule has 0 spiro atoms. The molecule has 1 aromatic heterocycles. The molecule has 136 valence electrons. The summed E-state index contributed by atoms with van der Waals surface area (Å²) >= 11 is 0. The summed E-state index contributed by atoms with van der Waals surface area (Å²) in [5.74, 6) is 1.73. The number of likely N-dealkylation sites (tertiary alicyclic amines) is 1. The first-order valence-corrected chi connectivity index (χ1v) is 9.31. The van der Waals surface area contributed by atoms with Gasteiger partial charge in [-0.2, -0.15) is 0 Å². The van der Waals surface area contributed by atoms with Gasteiger partial charge in [0.15, 0.2) is 0 Å². The largest absolute Gasteiger partial charge is 0.494 e. The number of fused-ring (bicyclic) bond motifs is 4. The third-order valence-corrected chi connectivity index (χ3v) is 5.47. The third-order valence-electron chi connectivity index (χ3n) is 5.47. The number of hydrogen-bond donors (Lipinski definition) is 0. The fourth-order valence-corrected chi connectivity index (χ4v) is 4.46. The van der Waals surface area contributed by atoms with E-state index in [1.807, 2.05) is 29.7 Å². The summed E-state index contributed by atoms with van der Waals surface area (Å²) in [7, 11) is 0. The normalized spacial score (nSPS) is 21.9. The van der Waals surface area contributed by atoms with Gasteiger partial charge in [0.1, 0.15) is 12.0 Å². The van der Waals surface area contributed by atoms with Crippen molar-refractivity contribution in [1.29, 1.82) is 0 Å². The van der Waals surface area contributed by atoms with Gasteiger partial charge in [-0.25, -0.2) is 0 Å². The first-order chi connectivity index (χ1) is 12.7. The summed E-state index contributed by atoms with van der Waals surface area (Å²) < 4.78 is 7.71. The minimum absolute atomic E-state index is 0.114. The Morgan fingerprint density at radius 1 is 1.19 bits per heavy atom. The number of benzene rings is 1. The number of aromatic nitrogens is 1. The van der Waals surface area contributed by atoms with Gasteiger partial charge >= 0.3 is 0 Å². The Hall–Kier alpha value is -2.40. The van der Waals surface area contributed by atoms with Crippen LogP contribution in [-0.2, 0) is 13.1 Å². The summed E-state index contributed by atoms with van der Waals surface area (Å²) in [5.41, 5.74) is 3.01. The van der Waals surface area contributed by atoms with Gasteiger partial charge in [-0.3, -0.25) is 14.5 Å². The first-order valence-electron chi connectivity index (χ1n) is 9.31. The summed E-state index contributed by atoms with van der Waals surface area (Å²) in [6.07, 6.45) is 2.03. The van der Waals surface area contributed by atoms with Crippen LogP contribution < -0.4 is 10.3 Å². The molecule has 0 N–H and O–H groups in total. The molecule has 2 unspecified atom stereocenters. The van der Waals surface area contributed by atoms with Crippen molar-refractivity contribution in [1.82, 2.24) is 9.47 Å². The zero-order chi connectivity index (χ0) is 18.1. The maximum atomic E-state index is 12.2. The highest BCUT2D eigenvalue weighted by Crippen LogP contribution is 2.36. The van der Waals surface area contributed by atoms with Crippen molar-refractivity contribution in [2.24, 2.45) is 5.92 Å². The molecule has 2 atom stereocenters. The lowest BCUT2D eigenvalue weighted by atomic mass is 9.83. The van der Waals surface area contributed by atoms with E-state index in [-0.39, 0.29) is 5.56 Å². The lowest BCUT2D eigenvalue weighted by Gasteiger charge is -2.43. The topological polar surface area (TPSA) is 51.5 Å². The van der Waals surface area contributed by atoms with Crippen LogP contribution in [0.5, 0.6) is 5.75 Å². The molecule has 26 heavy (non-hydrogen) atoms. The van der Waals surface area contributed by atoms with Gasteiger partial charge in [-0.05, 0) is 43.5 Å². The van der Waals surface area contributed by atoms with Gasteiger partial charge < -0.3 is 9.30 Å². The molecule has 0 radical (unpaired) electrons. The van der Waals surface area contributed by atoms with Crippen molar-refractivity contribution in [3.8, 4) is 5.75 Å². The number of carbonyl (C=O) groups excluding carboxylic acids is 1. The smallest absolute Gasteiger partial charge is 0.250 e. The van der Waals surface area contributed by atoms with Gasteiger partial charge in [-0.15, -0.1) is 0 Å². The maximum absolute atomic E-state index is 12.2. The zero-order valence-corrected chi connectivity index (χ0v) is 15.1. The standard InChI is InChI=1S/C21H24N2O3/c1-2-26-20-7-6-15(14-24)8-18(20)13-22-10-16-9-17(12-22)19-4-3-5-21(25)23(19)11-16/h3-8,14,16-17H,2,9-13H2,1H3. The van der Waals surface area contributed by atoms with Crippen LogP contribution in [0.1, 0.15) is 40.9 Å². The van der Waals surface area contributed by atoms with Crippen molar-refractivity contribution in [3.63, 3.8) is 0 Å². The average Bonchev–Trinajstić information content (AvgIpc) is 2.64. The molecule has 1 aromatic carbocycles. The highest BCUT2D eigenvalue weighted by Gasteiger charge is 2.34. The van der Waals surface area contributed by atoms with Crippen molar-refractivity contribution >= 4 is 6.29 Å². The van der Waals surface area contributed by atoms with Gasteiger partial charge in [-0.1, -0.05) is 6.07 Å². The highest BCUT2D eigenvalue weighted by molar-refractivity contribution is 5.75. The van der Waals surface area contributed by atoms with E-state index in [0.29, 0.717) is 24.0 Å². The predicted octanol–water partition coefficient (Wildman–Crippen LogP) is 2.68. The number of pyridine rings is 1. The molecule has 0 saturated carbocycles. The van der Waals surface area contributed by atoms with E-state index < -0.39 is 0 Å². The maximum Gasteiger partial charge on any atom is 0.250 e. The molecule has 1 fully saturated rings. The second-order valence-electron chi connectivity index (χ2n) is 7.31. The quantitative estimate of drug-likeness (QED) is 0.777. The number of hydrogen-bond acceptors (Lipinski definition) is 4. The average molecular weight is 352 g/mol. The van der Waals surface area contributed by atoms with Crippen molar-refractivity contribution < 1.29 is 9.53 Å². The lowest BCUT2D eigenvalue weighted by Crippen LogP contribution is -2.46. The van der Waals surface area contributed by atoms with Crippen LogP contribution in [0.3, 0.4) is 0 Å². The van der Waals surface area contributed by atoms with Crippen LogP contribution in [0, 0.1) is 5.92 Å². The van der Waals surface area contributed by atoms with E-state index in [0.717, 1.165) is 55.9 Å². The fraction of sp³-hybridized carbons (Fsp3) is 0.429. The van der Waals surface area contributed by atoms with Crippen molar-refractivity contribution in [2.75, 3.05) is 19.7 Å². The Balaban J connectivity index is 1.58. The summed E-state index contributed by atoms with van der Waals surface area (Å²) in [6.45, 7) is 6.03. The number of piperidine rings is 1. The van der Waals surface area contributed by atoms with E-state index >= 15 is 0 Å². The van der Waals surface area contributed by atoms with Gasteiger partial charge in [0, 0.05) is 55.0 Å². The Morgan fingerprint density at radius 3 is 2.88 bits per heavy atom. The van der Waals surface area contributed by atoms with Crippen LogP contribution in [0.25, 0.3) is 0 Å². The second-order valence-corrected chi connectivity index (χ2v) is 7.31. The number of rotatable bonds is 5. The Bertz CT molecular complexity index is 874. The van der Waals surface area contributed by atoms with Crippen molar-refractivity contribution in [2.45, 2.75) is 32.4 Å². The Morgan fingerprint density at radius 2 is 2.08 bits per heavy atom. The number of ether oxygens (including phenoxy) is 1. The monoisotopic (exact) mass is 352 g/mol. The lowest BCUT2D eigenvalue weighted by molar-refractivity contribution is 0.111. The molecule has 2 aliphatic heterocycles. The SMILES string of the molecule is CCOc1ccc(C=O)cc1CN1CC2CC(C1)c1cccc(=O)n1C2. The first kappa shape index (κ1) is 17.0. The third kappa shape index (κ3) is 3.19. The Labute approximate surface area is 153 Å². The zero-order valence-electron chi connectivity index (χ0n) is 15.1. The van der Waals surface area contributed by atoms with Crippen LogP contribution in [0.15, 0.2) is 41.2 Å². The number of carbonyl (C=O) groups is 1. The molecule has 3 heterocycles. The molecule has 4 rings (SSSR count). The van der Waals surface area contributed by atoms with Crippen LogP contribution in [0.2, 0.25) is 0 Å². The van der Waals surface area contributed by atoms with Crippen LogP contribution >= 0.6 is 0 Å². The highest BCUT2D eigenvalue weighted by atomic mass is 16.5. The molecule has 5 heteroatoms. The van der Waals surface area contributed by atoms with E-state index in [9.17, 15) is 9.59 Å². The molecule has 5 nitrogen and oxygen atoms in total. The molecule has 0 aliphatic carbocycles. The molecule has 2 bridgehead atoms. The van der Waals surface area contributed by atoms with E-state index in [4.69, 9.17) is 4.74 Å². The van der Waals surface area contributed by atoms with Gasteiger partial charge in [0.25, 0.3) is 5.56 Å². The molecular weight excluding hydrogens is 328 g/mol. The molecular formula is C21H24N2O3. The van der Waals surface area contributed by atoms with Crippen LogP contribution in [0.4, 0.5) is 0 Å². The second kappa shape index (κ2) is 7.08. The van der Waals surface area contributed by atoms with Gasteiger partial charge in [0.2, 0.25) is 0 Å². The van der Waals surface area contributed by atoms with E-state index in [2.05, 4.69) is 11.0 Å². The summed E-state index contributed by atoms with van der Waals surface area (Å²) in [6, 6.07) is 11.2. The fourth-order valence-electron chi connectivity index (χ4n) is 4.46. The van der Waals surface area contributed by atoms with Gasteiger partial charge in [0.05, 0.1) is 6.61 Å². The van der Waals surface area contributed by atoms with Crippen LogP contribution in [-0.4, -0.2) is 35.4 Å². The predicted molar refractivity (Wildman–Crippen MR) is 99.8 cm³/mol. The summed E-state index contributed by atoms with van der Waals surface area (Å²) in [5, 5.41) is 0. The summed E-state index contributed by atoms with van der Waals surface area (Å²) in [4.78, 5) is 25.8. The number of aldehydes is 1. The minimum Gasteiger partial charge on any atom is -0.494 e. The minimum atomic E-state index is 0.114. The molecule has 2 aromatic rings. The Kier molecular flexibility index (Phi) is 4.64. The van der Waals surface area contributed by atoms with Crippen molar-refractivity contribution in [3.05, 3.63) is 63.6 Å². The molecule has 0 amide bonds. The van der Waals surface area contributed by atoms with E-state index in [1.54, 1.807) is 12.1 Å².